The fraction of sp³-hybridized carbons (Fsp3) is 0.462. The number of rotatable bonds is 2. The third-order valence-electron chi connectivity index (χ3n) is 3.07. The molecule has 2 N–H and O–H groups in total. The van der Waals surface area contributed by atoms with Crippen molar-refractivity contribution in [3.05, 3.63) is 27.3 Å². The van der Waals surface area contributed by atoms with Crippen molar-refractivity contribution in [3.63, 3.8) is 0 Å². The van der Waals surface area contributed by atoms with Crippen LogP contribution in [0.5, 0.6) is 0 Å². The molecule has 1 unspecified atom stereocenters. The lowest BCUT2D eigenvalue weighted by Gasteiger charge is -2.22. The predicted octanol–water partition coefficient (Wildman–Crippen LogP) is 3.10. The van der Waals surface area contributed by atoms with Crippen LogP contribution in [0, 0.1) is 10.5 Å². The Hall–Kier alpha value is -0.330. The highest BCUT2D eigenvalue weighted by Crippen LogP contribution is 2.18. The van der Waals surface area contributed by atoms with Gasteiger partial charge in [-0.2, -0.15) is 0 Å². The maximum absolute atomic E-state index is 12.0. The van der Waals surface area contributed by atoms with Crippen molar-refractivity contribution in [3.8, 4) is 0 Å². The molecule has 100 valence electrons. The van der Waals surface area contributed by atoms with Crippen molar-refractivity contribution in [1.29, 1.82) is 0 Å². The summed E-state index contributed by atoms with van der Waals surface area (Å²) in [5.41, 5.74) is 2.12. The van der Waals surface area contributed by atoms with E-state index in [9.17, 15) is 4.79 Å². The predicted molar refractivity (Wildman–Crippen MR) is 85.4 cm³/mol. The average Bonchev–Trinajstić information content (AvgIpc) is 2.35. The average molecular weight is 381 g/mol. The van der Waals surface area contributed by atoms with Gasteiger partial charge in [-0.3, -0.25) is 4.79 Å². The molecule has 0 spiro atoms. The summed E-state index contributed by atoms with van der Waals surface area (Å²) >= 11 is 2.28. The minimum absolute atomic E-state index is 0. The number of hydrogen-bond donors (Lipinski definition) is 2. The summed E-state index contributed by atoms with van der Waals surface area (Å²) in [6.07, 6.45) is 3.25. The van der Waals surface area contributed by atoms with Crippen LogP contribution in [0.3, 0.4) is 0 Å². The van der Waals surface area contributed by atoms with Crippen LogP contribution < -0.4 is 10.6 Å². The number of hydrogen-bond acceptors (Lipinski definition) is 2. The molecule has 2 rings (SSSR count). The zero-order chi connectivity index (χ0) is 12.3. The molecular weight excluding hydrogens is 363 g/mol. The summed E-state index contributed by atoms with van der Waals surface area (Å²) in [6, 6.07) is 5.98. The monoisotopic (exact) mass is 380 g/mol. The Morgan fingerprint density at radius 1 is 1.44 bits per heavy atom. The maximum atomic E-state index is 12.0. The minimum atomic E-state index is -0.0253. The zero-order valence-electron chi connectivity index (χ0n) is 10.3. The number of amides is 1. The Morgan fingerprint density at radius 2 is 2.22 bits per heavy atom. The van der Waals surface area contributed by atoms with E-state index in [1.165, 1.54) is 15.6 Å². The second kappa shape index (κ2) is 7.31. The van der Waals surface area contributed by atoms with Crippen LogP contribution >= 0.6 is 35.0 Å². The number of aryl methyl sites for hydroxylation is 1. The molecule has 0 saturated carbocycles. The van der Waals surface area contributed by atoms with E-state index < -0.39 is 0 Å². The third-order valence-corrected chi connectivity index (χ3v) is 4.23. The summed E-state index contributed by atoms with van der Waals surface area (Å²) < 4.78 is 1.18. The van der Waals surface area contributed by atoms with Gasteiger partial charge in [-0.25, -0.2) is 0 Å². The number of anilines is 1. The van der Waals surface area contributed by atoms with Crippen molar-refractivity contribution in [2.75, 3.05) is 11.9 Å². The molecule has 5 heteroatoms. The largest absolute Gasteiger partial charge is 0.325 e. The van der Waals surface area contributed by atoms with E-state index in [1.54, 1.807) is 0 Å². The van der Waals surface area contributed by atoms with Crippen LogP contribution in [0.4, 0.5) is 5.69 Å². The van der Waals surface area contributed by atoms with Gasteiger partial charge in [-0.1, -0.05) is 12.5 Å². The SMILES string of the molecule is Cc1ccc(NC(=O)C2CCCCN2)cc1I.Cl. The van der Waals surface area contributed by atoms with Crippen LogP contribution in [0.1, 0.15) is 24.8 Å². The fourth-order valence-corrected chi connectivity index (χ4v) is 2.49. The quantitative estimate of drug-likeness (QED) is 0.774. The molecule has 3 nitrogen and oxygen atoms in total. The smallest absolute Gasteiger partial charge is 0.241 e. The van der Waals surface area contributed by atoms with E-state index >= 15 is 0 Å². The first kappa shape index (κ1) is 15.7. The van der Waals surface area contributed by atoms with Crippen LogP contribution in [0.2, 0.25) is 0 Å². The van der Waals surface area contributed by atoms with Crippen molar-refractivity contribution in [2.24, 2.45) is 0 Å². The summed E-state index contributed by atoms with van der Waals surface area (Å²) in [6.45, 7) is 3.01. The van der Waals surface area contributed by atoms with Gasteiger partial charge in [-0.05, 0) is 66.6 Å². The fourth-order valence-electron chi connectivity index (χ4n) is 1.98. The van der Waals surface area contributed by atoms with Crippen LogP contribution in [0.25, 0.3) is 0 Å². The van der Waals surface area contributed by atoms with Gasteiger partial charge in [-0.15, -0.1) is 12.4 Å². The van der Waals surface area contributed by atoms with Crippen molar-refractivity contribution >= 4 is 46.6 Å². The number of benzene rings is 1. The molecule has 1 aromatic carbocycles. The highest BCUT2D eigenvalue weighted by molar-refractivity contribution is 14.1. The van der Waals surface area contributed by atoms with Gasteiger partial charge in [0.2, 0.25) is 5.91 Å². The number of carbonyl (C=O) groups is 1. The van der Waals surface area contributed by atoms with Crippen molar-refractivity contribution in [1.82, 2.24) is 5.32 Å². The zero-order valence-corrected chi connectivity index (χ0v) is 13.3. The summed E-state index contributed by atoms with van der Waals surface area (Å²) in [5, 5.41) is 6.22. The lowest BCUT2D eigenvalue weighted by atomic mass is 10.0. The summed E-state index contributed by atoms with van der Waals surface area (Å²) in [7, 11) is 0. The van der Waals surface area contributed by atoms with Gasteiger partial charge >= 0.3 is 0 Å². The molecule has 1 aromatic rings. The molecule has 1 amide bonds. The molecule has 1 aliphatic rings. The molecule has 1 fully saturated rings. The number of carbonyl (C=O) groups excluding carboxylic acids is 1. The molecule has 1 atom stereocenters. The lowest BCUT2D eigenvalue weighted by Crippen LogP contribution is -2.43. The Bertz CT molecular complexity index is 419. The Morgan fingerprint density at radius 3 is 2.83 bits per heavy atom. The molecule has 1 saturated heterocycles. The highest BCUT2D eigenvalue weighted by Gasteiger charge is 2.20. The molecule has 1 heterocycles. The minimum Gasteiger partial charge on any atom is -0.325 e. The first-order valence-electron chi connectivity index (χ1n) is 5.97. The molecule has 0 bridgehead atoms. The van der Waals surface area contributed by atoms with Gasteiger partial charge in [0.15, 0.2) is 0 Å². The van der Waals surface area contributed by atoms with Gasteiger partial charge in [0.25, 0.3) is 0 Å². The number of halogens is 2. The lowest BCUT2D eigenvalue weighted by molar-refractivity contribution is -0.118. The topological polar surface area (TPSA) is 41.1 Å². The van der Waals surface area contributed by atoms with Gasteiger partial charge in [0.1, 0.15) is 0 Å². The number of piperidine rings is 1. The summed E-state index contributed by atoms with van der Waals surface area (Å²) in [5.74, 6) is 0.0874. The van der Waals surface area contributed by atoms with Gasteiger partial charge in [0, 0.05) is 9.26 Å². The second-order valence-corrected chi connectivity index (χ2v) is 5.62. The van der Waals surface area contributed by atoms with Crippen LogP contribution in [0.15, 0.2) is 18.2 Å². The molecule has 1 aliphatic heterocycles. The number of nitrogens with one attached hydrogen (secondary N) is 2. The molecular formula is C13H18ClIN2O. The van der Waals surface area contributed by atoms with E-state index in [4.69, 9.17) is 0 Å². The van der Waals surface area contributed by atoms with E-state index in [0.717, 1.165) is 25.1 Å². The third kappa shape index (κ3) is 4.10. The Labute approximate surface area is 128 Å². The maximum Gasteiger partial charge on any atom is 0.241 e. The first-order chi connectivity index (χ1) is 8.16. The highest BCUT2D eigenvalue weighted by atomic mass is 127. The first-order valence-corrected chi connectivity index (χ1v) is 7.05. The molecule has 0 aromatic heterocycles. The van der Waals surface area contributed by atoms with E-state index in [1.807, 2.05) is 18.2 Å². The molecule has 0 radical (unpaired) electrons. The van der Waals surface area contributed by atoms with Gasteiger partial charge < -0.3 is 10.6 Å². The molecule has 0 aliphatic carbocycles. The Kier molecular flexibility index (Phi) is 6.38. The van der Waals surface area contributed by atoms with Gasteiger partial charge in [0.05, 0.1) is 6.04 Å². The van der Waals surface area contributed by atoms with Crippen molar-refractivity contribution < 1.29 is 4.79 Å². The van der Waals surface area contributed by atoms with Crippen molar-refractivity contribution in [2.45, 2.75) is 32.2 Å². The van der Waals surface area contributed by atoms with E-state index in [0.29, 0.717) is 0 Å². The summed E-state index contributed by atoms with van der Waals surface area (Å²) in [4.78, 5) is 12.0. The Balaban J connectivity index is 0.00000162. The van der Waals surface area contributed by atoms with E-state index in [-0.39, 0.29) is 24.4 Å². The van der Waals surface area contributed by atoms with E-state index in [2.05, 4.69) is 40.1 Å². The van der Waals surface area contributed by atoms with Crippen LogP contribution in [-0.2, 0) is 4.79 Å². The normalized spacial score (nSPS) is 18.9. The second-order valence-electron chi connectivity index (χ2n) is 4.46. The molecule has 18 heavy (non-hydrogen) atoms. The van der Waals surface area contributed by atoms with Crippen LogP contribution in [-0.4, -0.2) is 18.5 Å². The standard InChI is InChI=1S/C13H17IN2O.ClH/c1-9-5-6-10(8-11(9)14)16-13(17)12-4-2-3-7-15-12;/h5-6,8,12,15H,2-4,7H2,1H3,(H,16,17);1H.